The summed E-state index contributed by atoms with van der Waals surface area (Å²) in [5, 5.41) is 1.09. The Labute approximate surface area is 164 Å². The molecule has 0 saturated heterocycles. The van der Waals surface area contributed by atoms with E-state index in [0.717, 1.165) is 39.0 Å². The monoisotopic (exact) mass is 370 g/mol. The Morgan fingerprint density at radius 1 is 0.893 bits per heavy atom. The number of aromatic nitrogens is 3. The lowest BCUT2D eigenvalue weighted by molar-refractivity contribution is 0.217. The van der Waals surface area contributed by atoms with E-state index in [4.69, 9.17) is 15.5 Å². The number of nitrogens with two attached hydrogens (primary N) is 1. The molecular formula is C23H22N4O. The summed E-state index contributed by atoms with van der Waals surface area (Å²) >= 11 is 0. The molecule has 0 saturated carbocycles. The molecular weight excluding hydrogens is 348 g/mol. The fraction of sp³-hybridized carbons (Fsp3) is 0.174. The Balaban J connectivity index is 1.84. The molecule has 5 nitrogen and oxygen atoms in total. The summed E-state index contributed by atoms with van der Waals surface area (Å²) < 4.78 is 6.13. The average Bonchev–Trinajstić information content (AvgIpc) is 2.67. The van der Waals surface area contributed by atoms with Crippen molar-refractivity contribution in [3.8, 4) is 17.1 Å². The molecule has 0 bridgehead atoms. The number of pyridine rings is 1. The summed E-state index contributed by atoms with van der Waals surface area (Å²) in [6.45, 7) is 5.94. The number of nitrogens with zero attached hydrogens (tertiary/aromatic N) is 3. The van der Waals surface area contributed by atoms with Crippen LogP contribution in [0.1, 0.15) is 29.8 Å². The van der Waals surface area contributed by atoms with Crippen LogP contribution in [0, 0.1) is 13.8 Å². The third-order valence-electron chi connectivity index (χ3n) is 4.71. The van der Waals surface area contributed by atoms with Crippen molar-refractivity contribution in [3.05, 3.63) is 77.5 Å². The zero-order valence-corrected chi connectivity index (χ0v) is 16.2. The molecule has 28 heavy (non-hydrogen) atoms. The third kappa shape index (κ3) is 3.51. The number of aryl methyl sites for hydroxylation is 2. The molecule has 0 aliphatic rings. The molecule has 0 aliphatic heterocycles. The first-order valence-electron chi connectivity index (χ1n) is 9.25. The van der Waals surface area contributed by atoms with Crippen molar-refractivity contribution in [1.29, 1.82) is 0 Å². The highest BCUT2D eigenvalue weighted by molar-refractivity contribution is 5.86. The first-order chi connectivity index (χ1) is 13.5. The number of fused-ring (bicyclic) bond motifs is 1. The molecule has 0 amide bonds. The summed E-state index contributed by atoms with van der Waals surface area (Å²) in [7, 11) is 0. The molecule has 1 unspecified atom stereocenters. The van der Waals surface area contributed by atoms with Crippen LogP contribution < -0.4 is 10.5 Å². The van der Waals surface area contributed by atoms with Gasteiger partial charge in [0.1, 0.15) is 6.10 Å². The second-order valence-corrected chi connectivity index (χ2v) is 6.90. The van der Waals surface area contributed by atoms with Crippen molar-refractivity contribution < 1.29 is 4.74 Å². The van der Waals surface area contributed by atoms with E-state index in [-0.39, 0.29) is 12.1 Å². The van der Waals surface area contributed by atoms with Gasteiger partial charge in [-0.05, 0) is 32.4 Å². The molecule has 0 radical (unpaired) electrons. The van der Waals surface area contributed by atoms with Gasteiger partial charge in [-0.15, -0.1) is 0 Å². The second kappa shape index (κ2) is 7.27. The topological polar surface area (TPSA) is 73.9 Å². The van der Waals surface area contributed by atoms with Crippen LogP contribution in [0.2, 0.25) is 0 Å². The number of para-hydroxylation sites is 1. The van der Waals surface area contributed by atoms with E-state index in [1.807, 2.05) is 38.1 Å². The van der Waals surface area contributed by atoms with Crippen LogP contribution in [0.3, 0.4) is 0 Å². The quantitative estimate of drug-likeness (QED) is 0.545. The number of hydrogen-bond donors (Lipinski definition) is 1. The van der Waals surface area contributed by atoms with Gasteiger partial charge in [0.25, 0.3) is 0 Å². The van der Waals surface area contributed by atoms with E-state index in [1.165, 1.54) is 0 Å². The fourth-order valence-corrected chi connectivity index (χ4v) is 3.37. The van der Waals surface area contributed by atoms with Crippen molar-refractivity contribution in [1.82, 2.24) is 15.0 Å². The summed E-state index contributed by atoms with van der Waals surface area (Å²) in [5.74, 6) is 0.665. The van der Waals surface area contributed by atoms with Crippen molar-refractivity contribution in [2.75, 3.05) is 5.73 Å². The highest BCUT2D eigenvalue weighted by Crippen LogP contribution is 2.33. The Hall–Kier alpha value is -3.47. The van der Waals surface area contributed by atoms with E-state index >= 15 is 0 Å². The van der Waals surface area contributed by atoms with E-state index < -0.39 is 0 Å². The Kier molecular flexibility index (Phi) is 4.65. The molecule has 2 aromatic carbocycles. The van der Waals surface area contributed by atoms with Crippen LogP contribution in [-0.2, 0) is 0 Å². The van der Waals surface area contributed by atoms with Crippen molar-refractivity contribution in [2.24, 2.45) is 0 Å². The fourth-order valence-electron chi connectivity index (χ4n) is 3.37. The van der Waals surface area contributed by atoms with Gasteiger partial charge < -0.3 is 10.5 Å². The first kappa shape index (κ1) is 17.9. The summed E-state index contributed by atoms with van der Waals surface area (Å²) in [4.78, 5) is 13.3. The van der Waals surface area contributed by atoms with Crippen LogP contribution in [0.15, 0.2) is 60.7 Å². The first-order valence-corrected chi connectivity index (χ1v) is 9.25. The van der Waals surface area contributed by atoms with E-state index in [9.17, 15) is 0 Å². The number of hydrogen-bond acceptors (Lipinski definition) is 5. The average molecular weight is 370 g/mol. The molecule has 0 spiro atoms. The van der Waals surface area contributed by atoms with Gasteiger partial charge in [0, 0.05) is 28.3 Å². The van der Waals surface area contributed by atoms with E-state index in [0.29, 0.717) is 5.88 Å². The van der Waals surface area contributed by atoms with Crippen LogP contribution >= 0.6 is 0 Å². The lowest BCUT2D eigenvalue weighted by Crippen LogP contribution is -2.09. The van der Waals surface area contributed by atoms with Crippen molar-refractivity contribution in [3.63, 3.8) is 0 Å². The third-order valence-corrected chi connectivity index (χ3v) is 4.71. The minimum atomic E-state index is -0.263. The van der Waals surface area contributed by atoms with Crippen LogP contribution in [0.5, 0.6) is 5.88 Å². The minimum Gasteiger partial charge on any atom is -0.470 e. The molecule has 0 fully saturated rings. The van der Waals surface area contributed by atoms with Gasteiger partial charge >= 0.3 is 0 Å². The minimum absolute atomic E-state index is 0.206. The highest BCUT2D eigenvalue weighted by Gasteiger charge is 2.18. The molecule has 5 heteroatoms. The van der Waals surface area contributed by atoms with Gasteiger partial charge in [0.2, 0.25) is 11.8 Å². The number of nitrogen functional groups attached to an aromatic ring is 1. The van der Waals surface area contributed by atoms with E-state index in [2.05, 4.69) is 47.2 Å². The van der Waals surface area contributed by atoms with Gasteiger partial charge in [0.15, 0.2) is 0 Å². The van der Waals surface area contributed by atoms with Gasteiger partial charge in [0.05, 0.1) is 11.2 Å². The summed E-state index contributed by atoms with van der Waals surface area (Å²) in [5.41, 5.74) is 11.6. The van der Waals surface area contributed by atoms with Gasteiger partial charge in [-0.25, -0.2) is 9.97 Å². The lowest BCUT2D eigenvalue weighted by atomic mass is 9.99. The Bertz CT molecular complexity index is 1120. The highest BCUT2D eigenvalue weighted by atomic mass is 16.5. The van der Waals surface area contributed by atoms with E-state index in [1.54, 1.807) is 6.07 Å². The molecule has 2 aromatic heterocycles. The molecule has 140 valence electrons. The van der Waals surface area contributed by atoms with Crippen molar-refractivity contribution in [2.45, 2.75) is 26.9 Å². The second-order valence-electron chi connectivity index (χ2n) is 6.90. The zero-order chi connectivity index (χ0) is 19.7. The zero-order valence-electron chi connectivity index (χ0n) is 16.2. The maximum atomic E-state index is 6.13. The SMILES string of the molecule is Cc1cc(OC(C)c2cc3cccc(C)c3nc2-c2ccccc2)nc(N)n1. The number of rotatable bonds is 4. The summed E-state index contributed by atoms with van der Waals surface area (Å²) in [6, 6.07) is 20.3. The Morgan fingerprint density at radius 3 is 2.43 bits per heavy atom. The Morgan fingerprint density at radius 2 is 1.68 bits per heavy atom. The maximum absolute atomic E-state index is 6.13. The number of anilines is 1. The predicted octanol–water partition coefficient (Wildman–Crippen LogP) is 5.03. The standard InChI is InChI=1S/C23H22N4O/c1-14-8-7-11-18-13-19(16(3)28-20-12-15(2)25-23(24)26-20)22(27-21(14)18)17-9-5-4-6-10-17/h4-13,16H,1-3H3,(H2,24,25,26). The molecule has 4 aromatic rings. The number of ether oxygens (including phenoxy) is 1. The molecule has 2 heterocycles. The predicted molar refractivity (Wildman–Crippen MR) is 112 cm³/mol. The van der Waals surface area contributed by atoms with Gasteiger partial charge in [-0.2, -0.15) is 4.98 Å². The largest absolute Gasteiger partial charge is 0.470 e. The maximum Gasteiger partial charge on any atom is 0.223 e. The van der Waals surface area contributed by atoms with Crippen LogP contribution in [0.25, 0.3) is 22.2 Å². The van der Waals surface area contributed by atoms with Crippen molar-refractivity contribution >= 4 is 16.9 Å². The summed E-state index contributed by atoms with van der Waals surface area (Å²) in [6.07, 6.45) is -0.263. The number of benzene rings is 2. The van der Waals surface area contributed by atoms with Gasteiger partial charge in [-0.1, -0.05) is 48.5 Å². The normalized spacial score (nSPS) is 12.1. The molecule has 4 rings (SSSR count). The molecule has 2 N–H and O–H groups in total. The van der Waals surface area contributed by atoms with Gasteiger partial charge in [-0.3, -0.25) is 0 Å². The molecule has 1 atom stereocenters. The smallest absolute Gasteiger partial charge is 0.223 e. The molecule has 0 aliphatic carbocycles. The van der Waals surface area contributed by atoms with Crippen LogP contribution in [-0.4, -0.2) is 15.0 Å². The van der Waals surface area contributed by atoms with Crippen LogP contribution in [0.4, 0.5) is 5.95 Å². The lowest BCUT2D eigenvalue weighted by Gasteiger charge is -2.19.